The lowest BCUT2D eigenvalue weighted by atomic mass is 9.85. The van der Waals surface area contributed by atoms with Crippen LogP contribution < -0.4 is 16.0 Å². The van der Waals surface area contributed by atoms with Gasteiger partial charge in [-0.2, -0.15) is 0 Å². The number of hydrogen-bond donors (Lipinski definition) is 3. The number of carbonyl (C=O) groups excluding carboxylic acids is 3. The van der Waals surface area contributed by atoms with E-state index in [0.717, 1.165) is 50.3 Å². The van der Waals surface area contributed by atoms with E-state index in [9.17, 15) is 14.4 Å². The molecule has 4 saturated carbocycles. The van der Waals surface area contributed by atoms with E-state index in [1.165, 1.54) is 12.8 Å². The Morgan fingerprint density at radius 1 is 0.818 bits per heavy atom. The Balaban J connectivity index is 0.000000173. The number of nitrogens with zero attached hydrogens (tertiary/aromatic N) is 1. The summed E-state index contributed by atoms with van der Waals surface area (Å²) >= 11 is 0. The fourth-order valence-corrected chi connectivity index (χ4v) is 8.88. The van der Waals surface area contributed by atoms with Crippen molar-refractivity contribution in [3.05, 3.63) is 35.9 Å². The van der Waals surface area contributed by atoms with Crippen LogP contribution in [-0.2, 0) is 20.8 Å². The zero-order valence-electron chi connectivity index (χ0n) is 27.2. The molecule has 6 fully saturated rings. The van der Waals surface area contributed by atoms with Gasteiger partial charge in [0.2, 0.25) is 0 Å². The number of alkyl carbamates (subject to hydrolysis) is 2. The van der Waals surface area contributed by atoms with E-state index in [1.54, 1.807) is 4.90 Å². The minimum Gasteiger partial charge on any atom is -0.445 e. The van der Waals surface area contributed by atoms with Crippen LogP contribution in [0.4, 0.5) is 14.4 Å². The monoisotopic (exact) mass is 610 g/mol. The van der Waals surface area contributed by atoms with Gasteiger partial charge in [0.25, 0.3) is 0 Å². The Morgan fingerprint density at radius 2 is 1.39 bits per heavy atom. The number of ether oxygens (including phenoxy) is 3. The van der Waals surface area contributed by atoms with Crippen LogP contribution in [0.2, 0.25) is 0 Å². The normalized spacial score (nSPS) is 35.6. The first-order valence-electron chi connectivity index (χ1n) is 16.3. The van der Waals surface area contributed by atoms with Gasteiger partial charge in [-0.25, -0.2) is 14.4 Å². The maximum Gasteiger partial charge on any atom is 0.410 e. The largest absolute Gasteiger partial charge is 0.445 e. The number of benzene rings is 1. The minimum atomic E-state index is -0.539. The maximum absolute atomic E-state index is 12.6. The highest BCUT2D eigenvalue weighted by atomic mass is 16.6. The molecule has 1 aromatic rings. The van der Waals surface area contributed by atoms with Crippen molar-refractivity contribution in [2.24, 2.45) is 22.7 Å². The van der Waals surface area contributed by atoms with Gasteiger partial charge in [-0.1, -0.05) is 30.3 Å². The molecule has 3 amide bonds. The molecule has 3 N–H and O–H groups in total. The van der Waals surface area contributed by atoms with Crippen LogP contribution in [0.25, 0.3) is 0 Å². The van der Waals surface area contributed by atoms with E-state index in [0.29, 0.717) is 24.4 Å². The molecule has 6 unspecified atom stereocenters. The zero-order chi connectivity index (χ0) is 31.6. The lowest BCUT2D eigenvalue weighted by molar-refractivity contribution is 0.0417. The highest BCUT2D eigenvalue weighted by molar-refractivity contribution is 5.72. The first-order valence-corrected chi connectivity index (χ1v) is 16.3. The lowest BCUT2D eigenvalue weighted by Crippen LogP contribution is -2.55. The maximum atomic E-state index is 12.6. The summed E-state index contributed by atoms with van der Waals surface area (Å²) in [6.07, 6.45) is 5.73. The first kappa shape index (κ1) is 31.0. The molecule has 2 saturated heterocycles. The van der Waals surface area contributed by atoms with Gasteiger partial charge in [0.15, 0.2) is 0 Å². The molecule has 6 atom stereocenters. The van der Waals surface area contributed by atoms with E-state index in [1.807, 2.05) is 71.9 Å². The Morgan fingerprint density at radius 3 is 1.98 bits per heavy atom. The highest BCUT2D eigenvalue weighted by Gasteiger charge is 2.75. The number of rotatable bonds is 4. The summed E-state index contributed by atoms with van der Waals surface area (Å²) in [5.74, 6) is 1.41. The summed E-state index contributed by atoms with van der Waals surface area (Å²) in [6, 6.07) is 9.67. The second kappa shape index (κ2) is 10.5. The SMILES string of the molecule is CC(C)(C)OC(=O)NC12CCC3CC31CN(C(=O)OCc1ccccc1)C2.CC(C)(C)OC(=O)NC12CCC3CC31CNC2. The van der Waals surface area contributed by atoms with E-state index in [4.69, 9.17) is 14.2 Å². The molecular weight excluding hydrogens is 560 g/mol. The standard InChI is InChI=1S/C21H28N2O4.C13H22N2O2/c1-19(2,3)27-17(24)22-21-10-9-16-11-20(16,21)13-23(14-21)18(25)26-12-15-7-5-4-6-8-15;1-11(2,3)17-10(16)15-13-5-4-9-6-12(9,13)7-14-8-13/h4-8,16H,9-14H2,1-3H3,(H,22,24);9,14H,4-8H2,1-3H3,(H,15,16). The van der Waals surface area contributed by atoms with Gasteiger partial charge >= 0.3 is 18.3 Å². The molecule has 1 aromatic carbocycles. The van der Waals surface area contributed by atoms with Crippen molar-refractivity contribution >= 4 is 18.3 Å². The molecule has 10 nitrogen and oxygen atoms in total. The summed E-state index contributed by atoms with van der Waals surface area (Å²) in [6.45, 7) is 14.7. The zero-order valence-corrected chi connectivity index (χ0v) is 27.2. The van der Waals surface area contributed by atoms with Gasteiger partial charge in [-0.15, -0.1) is 0 Å². The first-order chi connectivity index (χ1) is 20.6. The van der Waals surface area contributed by atoms with Crippen LogP contribution in [-0.4, -0.2) is 71.6 Å². The number of nitrogens with one attached hydrogen (secondary N) is 3. The van der Waals surface area contributed by atoms with Crippen molar-refractivity contribution in [1.82, 2.24) is 20.9 Å². The smallest absolute Gasteiger partial charge is 0.410 e. The van der Waals surface area contributed by atoms with E-state index in [2.05, 4.69) is 16.0 Å². The Kier molecular flexibility index (Phi) is 7.42. The molecule has 0 aromatic heterocycles. The average Bonchev–Trinajstić information content (AvgIpc) is 3.61. The second-order valence-corrected chi connectivity index (χ2v) is 16.1. The Hall–Kier alpha value is -3.01. The quantitative estimate of drug-likeness (QED) is 0.393. The van der Waals surface area contributed by atoms with Crippen molar-refractivity contribution in [1.29, 1.82) is 0 Å². The van der Waals surface area contributed by atoms with Crippen LogP contribution in [0.15, 0.2) is 30.3 Å². The van der Waals surface area contributed by atoms with E-state index >= 15 is 0 Å². The van der Waals surface area contributed by atoms with Crippen LogP contribution in [0.1, 0.15) is 85.6 Å². The molecule has 0 radical (unpaired) electrons. The van der Waals surface area contributed by atoms with Gasteiger partial charge in [0.05, 0.1) is 11.1 Å². The number of likely N-dealkylation sites (tertiary alicyclic amines) is 1. The summed E-state index contributed by atoms with van der Waals surface area (Å²) in [7, 11) is 0. The highest BCUT2D eigenvalue weighted by Crippen LogP contribution is 2.71. The third-order valence-electron chi connectivity index (χ3n) is 11.0. The molecule has 4 aliphatic carbocycles. The second-order valence-electron chi connectivity index (χ2n) is 16.1. The van der Waals surface area contributed by atoms with E-state index in [-0.39, 0.29) is 35.3 Å². The predicted molar refractivity (Wildman–Crippen MR) is 165 cm³/mol. The fraction of sp³-hybridized carbons (Fsp3) is 0.735. The lowest BCUT2D eigenvalue weighted by Gasteiger charge is -2.33. The summed E-state index contributed by atoms with van der Waals surface area (Å²) in [4.78, 5) is 38.8. The number of carbonyl (C=O) groups is 3. The number of hydrogen-bond acceptors (Lipinski definition) is 7. The summed E-state index contributed by atoms with van der Waals surface area (Å²) in [5, 5.41) is 9.76. The predicted octanol–water partition coefficient (Wildman–Crippen LogP) is 5.36. The van der Waals surface area contributed by atoms with Crippen LogP contribution in [0.5, 0.6) is 0 Å². The van der Waals surface area contributed by atoms with Crippen molar-refractivity contribution in [2.45, 2.75) is 109 Å². The van der Waals surface area contributed by atoms with Gasteiger partial charge < -0.3 is 35.1 Å². The molecule has 2 heterocycles. The molecule has 44 heavy (non-hydrogen) atoms. The van der Waals surface area contributed by atoms with Crippen molar-refractivity contribution in [3.8, 4) is 0 Å². The minimum absolute atomic E-state index is 0.00429. The average molecular weight is 611 g/mol. The van der Waals surface area contributed by atoms with Gasteiger partial charge in [-0.05, 0) is 97.5 Å². The summed E-state index contributed by atoms with van der Waals surface area (Å²) in [5.41, 5.74) is -0.0517. The van der Waals surface area contributed by atoms with Crippen molar-refractivity contribution < 1.29 is 28.6 Å². The molecular formula is C34H50N4O6. The fourth-order valence-electron chi connectivity index (χ4n) is 8.88. The molecule has 2 aliphatic heterocycles. The van der Waals surface area contributed by atoms with Crippen molar-refractivity contribution in [3.63, 3.8) is 0 Å². The third-order valence-corrected chi connectivity index (χ3v) is 11.0. The molecule has 242 valence electrons. The van der Waals surface area contributed by atoms with Crippen molar-refractivity contribution in [2.75, 3.05) is 26.2 Å². The molecule has 2 spiro atoms. The Labute approximate surface area is 261 Å². The third kappa shape index (κ3) is 5.63. The van der Waals surface area contributed by atoms with Crippen LogP contribution >= 0.6 is 0 Å². The van der Waals surface area contributed by atoms with Gasteiger partial charge in [0.1, 0.15) is 17.8 Å². The molecule has 6 aliphatic rings. The molecule has 7 rings (SSSR count). The van der Waals surface area contributed by atoms with E-state index < -0.39 is 17.3 Å². The van der Waals surface area contributed by atoms with Gasteiger partial charge in [0, 0.05) is 37.0 Å². The van der Waals surface area contributed by atoms with Crippen LogP contribution in [0, 0.1) is 22.7 Å². The Bertz CT molecular complexity index is 1290. The topological polar surface area (TPSA) is 118 Å². The van der Waals surface area contributed by atoms with Gasteiger partial charge in [-0.3, -0.25) is 0 Å². The summed E-state index contributed by atoms with van der Waals surface area (Å²) < 4.78 is 16.4. The molecule has 10 heteroatoms. The molecule has 0 bridgehead atoms. The number of amides is 3. The van der Waals surface area contributed by atoms with Crippen LogP contribution in [0.3, 0.4) is 0 Å².